The van der Waals surface area contributed by atoms with Crippen LogP contribution in [0.2, 0.25) is 0 Å². The number of carbonyl (C=O) groups excluding carboxylic acids is 1. The van der Waals surface area contributed by atoms with Crippen LogP contribution in [-0.4, -0.2) is 17.6 Å². The molecule has 0 radical (unpaired) electrons. The molecule has 2 aromatic carbocycles. The van der Waals surface area contributed by atoms with Crippen molar-refractivity contribution in [1.29, 1.82) is 0 Å². The van der Waals surface area contributed by atoms with E-state index < -0.39 is 5.60 Å². The Hall–Kier alpha value is -2.17. The monoisotopic (exact) mass is 339 g/mol. The van der Waals surface area contributed by atoms with Crippen LogP contribution in [-0.2, 0) is 5.60 Å². The lowest BCUT2D eigenvalue weighted by atomic mass is 10.0. The lowest BCUT2D eigenvalue weighted by Gasteiger charge is -2.22. The molecule has 24 heavy (non-hydrogen) atoms. The number of carbonyl (C=O) groups is 1. The summed E-state index contributed by atoms with van der Waals surface area (Å²) in [5, 5.41) is 14.7. The molecule has 0 saturated heterocycles. The Morgan fingerprint density at radius 1 is 1.12 bits per heavy atom. The van der Waals surface area contributed by atoms with Crippen LogP contribution >= 0.6 is 11.3 Å². The van der Waals surface area contributed by atoms with E-state index >= 15 is 0 Å². The van der Waals surface area contributed by atoms with E-state index in [2.05, 4.69) is 5.32 Å². The molecule has 1 unspecified atom stereocenters. The highest BCUT2D eigenvalue weighted by Crippen LogP contribution is 2.32. The van der Waals surface area contributed by atoms with Crippen LogP contribution in [0.1, 0.15) is 33.3 Å². The van der Waals surface area contributed by atoms with Crippen molar-refractivity contribution in [3.05, 3.63) is 70.1 Å². The highest BCUT2D eigenvalue weighted by atomic mass is 32.1. The first kappa shape index (κ1) is 16.7. The summed E-state index contributed by atoms with van der Waals surface area (Å²) in [5.41, 5.74) is 1.76. The molecule has 4 heteroatoms. The average molecular weight is 339 g/mol. The lowest BCUT2D eigenvalue weighted by Crippen LogP contribution is -2.38. The number of aryl methyl sites for hydroxylation is 2. The average Bonchev–Trinajstić information content (AvgIpc) is 3.00. The van der Waals surface area contributed by atoms with Crippen LogP contribution in [0.4, 0.5) is 0 Å². The topological polar surface area (TPSA) is 49.3 Å². The number of hydrogen-bond acceptors (Lipinski definition) is 3. The summed E-state index contributed by atoms with van der Waals surface area (Å²) in [4.78, 5) is 13.2. The highest BCUT2D eigenvalue weighted by Gasteiger charge is 2.26. The number of fused-ring (bicyclic) bond motifs is 1. The number of thiophene rings is 1. The number of nitrogens with one attached hydrogen (secondary N) is 1. The molecule has 3 aromatic rings. The second-order valence-corrected chi connectivity index (χ2v) is 7.49. The summed E-state index contributed by atoms with van der Waals surface area (Å²) in [6.45, 7) is 5.91. The molecule has 0 aliphatic rings. The van der Waals surface area contributed by atoms with Gasteiger partial charge in [-0.15, -0.1) is 11.3 Å². The fourth-order valence-corrected chi connectivity index (χ4v) is 3.68. The predicted molar refractivity (Wildman–Crippen MR) is 99.6 cm³/mol. The third-order valence-electron chi connectivity index (χ3n) is 4.32. The molecule has 0 aliphatic heterocycles. The quantitative estimate of drug-likeness (QED) is 0.750. The molecule has 1 amide bonds. The summed E-state index contributed by atoms with van der Waals surface area (Å²) in [6, 6.07) is 15.6. The first-order valence-corrected chi connectivity index (χ1v) is 8.75. The van der Waals surface area contributed by atoms with Gasteiger partial charge in [0.1, 0.15) is 5.60 Å². The van der Waals surface area contributed by atoms with Crippen molar-refractivity contribution in [3.8, 4) is 0 Å². The third kappa shape index (κ3) is 3.35. The molecule has 0 fully saturated rings. The maximum atomic E-state index is 12.3. The van der Waals surface area contributed by atoms with Crippen molar-refractivity contribution >= 4 is 27.3 Å². The van der Waals surface area contributed by atoms with E-state index in [-0.39, 0.29) is 12.5 Å². The van der Waals surface area contributed by atoms with E-state index in [1.54, 1.807) is 18.3 Å². The van der Waals surface area contributed by atoms with Gasteiger partial charge in [-0.1, -0.05) is 24.3 Å². The zero-order chi connectivity index (χ0) is 17.3. The van der Waals surface area contributed by atoms with Crippen molar-refractivity contribution < 1.29 is 9.90 Å². The maximum absolute atomic E-state index is 12.3. The lowest BCUT2D eigenvalue weighted by molar-refractivity contribution is 0.0557. The van der Waals surface area contributed by atoms with Crippen molar-refractivity contribution in [2.45, 2.75) is 26.4 Å². The van der Waals surface area contributed by atoms with E-state index in [4.69, 9.17) is 0 Å². The van der Waals surface area contributed by atoms with Crippen LogP contribution in [0.3, 0.4) is 0 Å². The van der Waals surface area contributed by atoms with Gasteiger partial charge in [-0.2, -0.15) is 0 Å². The van der Waals surface area contributed by atoms with Crippen molar-refractivity contribution in [2.24, 2.45) is 0 Å². The van der Waals surface area contributed by atoms with E-state index in [0.717, 1.165) is 26.1 Å². The van der Waals surface area contributed by atoms with Crippen LogP contribution in [0.25, 0.3) is 10.1 Å². The molecular weight excluding hydrogens is 318 g/mol. The molecular formula is C20H21NO2S. The molecule has 1 heterocycles. The molecule has 0 saturated carbocycles. The van der Waals surface area contributed by atoms with Crippen LogP contribution < -0.4 is 5.32 Å². The van der Waals surface area contributed by atoms with Gasteiger partial charge in [0.15, 0.2) is 0 Å². The number of amides is 1. The number of aliphatic hydroxyl groups is 1. The number of rotatable bonds is 4. The normalized spacial score (nSPS) is 13.7. The summed E-state index contributed by atoms with van der Waals surface area (Å²) in [6.07, 6.45) is 0. The van der Waals surface area contributed by atoms with Gasteiger partial charge in [0, 0.05) is 15.1 Å². The Kier molecular flexibility index (Phi) is 4.43. The first-order valence-electron chi connectivity index (χ1n) is 7.94. The van der Waals surface area contributed by atoms with Crippen LogP contribution in [0.5, 0.6) is 0 Å². The van der Waals surface area contributed by atoms with Gasteiger partial charge in [0.25, 0.3) is 5.91 Å². The molecule has 3 rings (SSSR count). The SMILES string of the molecule is Cc1ccc(C(=O)NCC(C)(O)c2cc3ccccc3s2)cc1C. The van der Waals surface area contributed by atoms with Gasteiger partial charge in [0.05, 0.1) is 6.54 Å². The largest absolute Gasteiger partial charge is 0.383 e. The highest BCUT2D eigenvalue weighted by molar-refractivity contribution is 7.19. The van der Waals surface area contributed by atoms with Crippen LogP contribution in [0, 0.1) is 13.8 Å². The zero-order valence-electron chi connectivity index (χ0n) is 14.1. The summed E-state index contributed by atoms with van der Waals surface area (Å²) in [7, 11) is 0. The van der Waals surface area contributed by atoms with Crippen molar-refractivity contribution in [2.75, 3.05) is 6.54 Å². The fourth-order valence-electron chi connectivity index (χ4n) is 2.57. The minimum Gasteiger partial charge on any atom is -0.383 e. The van der Waals surface area contributed by atoms with Gasteiger partial charge >= 0.3 is 0 Å². The Bertz CT molecular complexity index is 863. The first-order chi connectivity index (χ1) is 11.4. The Morgan fingerprint density at radius 3 is 2.58 bits per heavy atom. The van der Waals surface area contributed by atoms with Gasteiger partial charge < -0.3 is 10.4 Å². The molecule has 3 nitrogen and oxygen atoms in total. The van der Waals surface area contributed by atoms with Gasteiger partial charge in [0.2, 0.25) is 0 Å². The second-order valence-electron chi connectivity index (χ2n) is 6.40. The summed E-state index contributed by atoms with van der Waals surface area (Å²) in [5.74, 6) is -0.167. The van der Waals surface area contributed by atoms with E-state index in [0.29, 0.717) is 5.56 Å². The minimum atomic E-state index is -1.10. The standard InChI is InChI=1S/C20H21NO2S/c1-13-8-9-16(10-14(13)2)19(22)21-12-20(3,23)18-11-15-6-4-5-7-17(15)24-18/h4-11,23H,12H2,1-3H3,(H,21,22). The van der Waals surface area contributed by atoms with Gasteiger partial charge in [-0.25, -0.2) is 0 Å². The van der Waals surface area contributed by atoms with Crippen molar-refractivity contribution in [3.63, 3.8) is 0 Å². The smallest absolute Gasteiger partial charge is 0.251 e. The van der Waals surface area contributed by atoms with E-state index in [9.17, 15) is 9.90 Å². The Labute approximate surface area is 146 Å². The molecule has 1 atom stereocenters. The second kappa shape index (κ2) is 6.38. The van der Waals surface area contributed by atoms with E-state index in [1.807, 2.05) is 62.4 Å². The zero-order valence-corrected chi connectivity index (χ0v) is 14.9. The molecule has 1 aromatic heterocycles. The predicted octanol–water partition coefficient (Wildman–Crippen LogP) is 4.16. The summed E-state index contributed by atoms with van der Waals surface area (Å²) >= 11 is 1.55. The Balaban J connectivity index is 1.74. The van der Waals surface area contributed by atoms with Gasteiger partial charge in [-0.3, -0.25) is 4.79 Å². The molecule has 0 bridgehead atoms. The van der Waals surface area contributed by atoms with Crippen LogP contribution in [0.15, 0.2) is 48.5 Å². The minimum absolute atomic E-state index is 0.167. The third-order valence-corrected chi connectivity index (χ3v) is 5.69. The molecule has 124 valence electrons. The molecule has 0 aliphatic carbocycles. The number of benzene rings is 2. The number of hydrogen-bond donors (Lipinski definition) is 2. The van der Waals surface area contributed by atoms with Gasteiger partial charge in [-0.05, 0) is 61.5 Å². The molecule has 2 N–H and O–H groups in total. The molecule has 0 spiro atoms. The summed E-state index contributed by atoms with van der Waals surface area (Å²) < 4.78 is 1.13. The Morgan fingerprint density at radius 2 is 1.88 bits per heavy atom. The maximum Gasteiger partial charge on any atom is 0.251 e. The van der Waals surface area contributed by atoms with Crippen molar-refractivity contribution in [1.82, 2.24) is 5.32 Å². The van der Waals surface area contributed by atoms with E-state index in [1.165, 1.54) is 0 Å². The fraction of sp³-hybridized carbons (Fsp3) is 0.250.